The van der Waals surface area contributed by atoms with Crippen molar-refractivity contribution in [2.45, 2.75) is 38.5 Å². The van der Waals surface area contributed by atoms with Crippen LogP contribution in [-0.2, 0) is 16.1 Å². The minimum Gasteiger partial charge on any atom is -0.375 e. The van der Waals surface area contributed by atoms with Gasteiger partial charge >= 0.3 is 0 Å². The van der Waals surface area contributed by atoms with Crippen molar-refractivity contribution >= 4 is 5.91 Å². The molecule has 1 amide bonds. The molecule has 3 fully saturated rings. The molecule has 0 spiro atoms. The van der Waals surface area contributed by atoms with Crippen molar-refractivity contribution in [1.82, 2.24) is 14.8 Å². The third-order valence-corrected chi connectivity index (χ3v) is 5.55. The fourth-order valence-electron chi connectivity index (χ4n) is 3.97. The predicted molar refractivity (Wildman–Crippen MR) is 86.6 cm³/mol. The number of hydrogen-bond acceptors (Lipinski definition) is 4. The molecule has 0 unspecified atom stereocenters. The third-order valence-electron chi connectivity index (χ3n) is 5.55. The highest BCUT2D eigenvalue weighted by molar-refractivity contribution is 5.81. The Balaban J connectivity index is 1.44. The summed E-state index contributed by atoms with van der Waals surface area (Å²) in [6, 6.07) is 4.42. The Bertz CT molecular complexity index is 565. The van der Waals surface area contributed by atoms with Crippen molar-refractivity contribution < 1.29 is 9.53 Å². The minimum atomic E-state index is 0.265. The predicted octanol–water partition coefficient (Wildman–Crippen LogP) is 1.54. The van der Waals surface area contributed by atoms with Gasteiger partial charge in [0, 0.05) is 44.5 Å². The van der Waals surface area contributed by atoms with Gasteiger partial charge in [-0.05, 0) is 30.4 Å². The number of carbonyl (C=O) groups is 1. The molecule has 23 heavy (non-hydrogen) atoms. The van der Waals surface area contributed by atoms with Crippen molar-refractivity contribution in [2.24, 2.45) is 11.8 Å². The number of aromatic nitrogens is 1. The van der Waals surface area contributed by atoms with Gasteiger partial charge in [-0.1, -0.05) is 13.0 Å². The molecule has 3 aliphatic rings. The standard InChI is InChI=1S/C18H25N3O2/c1-13-9-15(13)18(22)21-6-4-17-16(12-21)20(7-8-23-17)11-14-3-2-5-19-10-14/h2-3,5,10,13,15-17H,4,6-9,11-12H2,1H3/t13-,15-,16-,17-/m0/s1. The second kappa shape index (κ2) is 6.21. The van der Waals surface area contributed by atoms with E-state index in [2.05, 4.69) is 27.8 Å². The van der Waals surface area contributed by atoms with Crippen LogP contribution in [0.15, 0.2) is 24.5 Å². The molecule has 124 valence electrons. The highest BCUT2D eigenvalue weighted by Gasteiger charge is 2.45. The van der Waals surface area contributed by atoms with Crippen LogP contribution in [0.4, 0.5) is 0 Å². The van der Waals surface area contributed by atoms with Crippen molar-refractivity contribution in [3.63, 3.8) is 0 Å². The fourth-order valence-corrected chi connectivity index (χ4v) is 3.97. The molecule has 4 rings (SSSR count). The average molecular weight is 315 g/mol. The molecule has 1 aromatic heterocycles. The Morgan fingerprint density at radius 3 is 3.04 bits per heavy atom. The highest BCUT2D eigenvalue weighted by Crippen LogP contribution is 2.40. The quantitative estimate of drug-likeness (QED) is 0.849. The van der Waals surface area contributed by atoms with Gasteiger partial charge in [-0.2, -0.15) is 0 Å². The molecule has 1 aliphatic carbocycles. The Morgan fingerprint density at radius 2 is 2.30 bits per heavy atom. The molecular formula is C18H25N3O2. The summed E-state index contributed by atoms with van der Waals surface area (Å²) in [5.41, 5.74) is 1.23. The van der Waals surface area contributed by atoms with Gasteiger partial charge in [0.1, 0.15) is 0 Å². The van der Waals surface area contributed by atoms with E-state index in [1.807, 2.05) is 18.5 Å². The first-order valence-electron chi connectivity index (χ1n) is 8.75. The first-order chi connectivity index (χ1) is 11.2. The number of likely N-dealkylation sites (tertiary alicyclic amines) is 1. The lowest BCUT2D eigenvalue weighted by Gasteiger charge is -2.47. The summed E-state index contributed by atoms with van der Waals surface area (Å²) in [5.74, 6) is 1.22. The maximum Gasteiger partial charge on any atom is 0.226 e. The summed E-state index contributed by atoms with van der Waals surface area (Å²) >= 11 is 0. The van der Waals surface area contributed by atoms with E-state index < -0.39 is 0 Å². The Kier molecular flexibility index (Phi) is 4.07. The van der Waals surface area contributed by atoms with E-state index in [0.717, 1.165) is 45.6 Å². The minimum absolute atomic E-state index is 0.265. The zero-order valence-electron chi connectivity index (χ0n) is 13.7. The van der Waals surface area contributed by atoms with Gasteiger partial charge in [0.15, 0.2) is 0 Å². The Hall–Kier alpha value is -1.46. The van der Waals surface area contributed by atoms with Gasteiger partial charge in [-0.25, -0.2) is 0 Å². The lowest BCUT2D eigenvalue weighted by atomic mass is 9.97. The van der Waals surface area contributed by atoms with E-state index in [9.17, 15) is 4.79 Å². The maximum absolute atomic E-state index is 12.6. The van der Waals surface area contributed by atoms with Gasteiger partial charge in [-0.3, -0.25) is 14.7 Å². The van der Waals surface area contributed by atoms with Crippen molar-refractivity contribution in [1.29, 1.82) is 0 Å². The van der Waals surface area contributed by atoms with Crippen LogP contribution in [0, 0.1) is 11.8 Å². The zero-order valence-corrected chi connectivity index (χ0v) is 13.7. The number of nitrogens with zero attached hydrogens (tertiary/aromatic N) is 3. The summed E-state index contributed by atoms with van der Waals surface area (Å²) < 4.78 is 5.98. The monoisotopic (exact) mass is 315 g/mol. The summed E-state index contributed by atoms with van der Waals surface area (Å²) in [6.45, 7) is 6.44. The van der Waals surface area contributed by atoms with Crippen molar-refractivity contribution in [3.05, 3.63) is 30.1 Å². The molecule has 3 heterocycles. The molecule has 2 aliphatic heterocycles. The molecule has 0 bridgehead atoms. The van der Waals surface area contributed by atoms with E-state index in [1.165, 1.54) is 5.56 Å². The van der Waals surface area contributed by atoms with Crippen LogP contribution in [0.1, 0.15) is 25.3 Å². The molecule has 4 atom stereocenters. The molecule has 0 N–H and O–H groups in total. The molecule has 2 saturated heterocycles. The van der Waals surface area contributed by atoms with Crippen LogP contribution in [-0.4, -0.2) is 59.1 Å². The van der Waals surface area contributed by atoms with Crippen LogP contribution in [0.25, 0.3) is 0 Å². The summed E-state index contributed by atoms with van der Waals surface area (Å²) in [5, 5.41) is 0. The molecule has 0 radical (unpaired) electrons. The SMILES string of the molecule is C[C@H]1C[C@@H]1C(=O)N1CC[C@@H]2OCCN(Cc3cccnc3)[C@H]2C1. The van der Waals surface area contributed by atoms with E-state index in [-0.39, 0.29) is 12.0 Å². The van der Waals surface area contributed by atoms with Crippen LogP contribution in [0.3, 0.4) is 0 Å². The van der Waals surface area contributed by atoms with Crippen LogP contribution >= 0.6 is 0 Å². The van der Waals surface area contributed by atoms with Crippen LogP contribution in [0.5, 0.6) is 0 Å². The molecule has 0 aromatic carbocycles. The second-order valence-electron chi connectivity index (χ2n) is 7.20. The van der Waals surface area contributed by atoms with E-state index in [0.29, 0.717) is 17.9 Å². The van der Waals surface area contributed by atoms with Crippen LogP contribution in [0.2, 0.25) is 0 Å². The number of carbonyl (C=O) groups excluding carboxylic acids is 1. The van der Waals surface area contributed by atoms with E-state index >= 15 is 0 Å². The largest absolute Gasteiger partial charge is 0.375 e. The summed E-state index contributed by atoms with van der Waals surface area (Å²) in [6.07, 6.45) is 6.03. The molecular weight excluding hydrogens is 290 g/mol. The number of morpholine rings is 1. The lowest BCUT2D eigenvalue weighted by molar-refractivity contribution is -0.145. The topological polar surface area (TPSA) is 45.7 Å². The number of rotatable bonds is 3. The number of pyridine rings is 1. The highest BCUT2D eigenvalue weighted by atomic mass is 16.5. The average Bonchev–Trinajstić information content (AvgIpc) is 3.32. The number of hydrogen-bond donors (Lipinski definition) is 0. The van der Waals surface area contributed by atoms with E-state index in [1.54, 1.807) is 0 Å². The van der Waals surface area contributed by atoms with E-state index in [4.69, 9.17) is 4.74 Å². The summed E-state index contributed by atoms with van der Waals surface area (Å²) in [7, 11) is 0. The van der Waals surface area contributed by atoms with Gasteiger partial charge in [-0.15, -0.1) is 0 Å². The molecule has 5 nitrogen and oxygen atoms in total. The molecule has 1 aromatic rings. The number of amides is 1. The first-order valence-corrected chi connectivity index (χ1v) is 8.75. The van der Waals surface area contributed by atoms with Crippen LogP contribution < -0.4 is 0 Å². The fraction of sp³-hybridized carbons (Fsp3) is 0.667. The molecule has 5 heteroatoms. The van der Waals surface area contributed by atoms with Crippen molar-refractivity contribution in [2.75, 3.05) is 26.2 Å². The van der Waals surface area contributed by atoms with Crippen molar-refractivity contribution in [3.8, 4) is 0 Å². The van der Waals surface area contributed by atoms with Gasteiger partial charge in [0.2, 0.25) is 5.91 Å². The first kappa shape index (κ1) is 15.1. The zero-order chi connectivity index (χ0) is 15.8. The van der Waals surface area contributed by atoms with Gasteiger partial charge < -0.3 is 9.64 Å². The Morgan fingerprint density at radius 1 is 1.43 bits per heavy atom. The third kappa shape index (κ3) is 3.12. The normalized spacial score (nSPS) is 34.0. The number of piperidine rings is 1. The second-order valence-corrected chi connectivity index (χ2v) is 7.20. The smallest absolute Gasteiger partial charge is 0.226 e. The number of fused-ring (bicyclic) bond motifs is 1. The summed E-state index contributed by atoms with van der Waals surface area (Å²) in [4.78, 5) is 21.3. The lowest BCUT2D eigenvalue weighted by Crippen LogP contribution is -2.60. The molecule has 1 saturated carbocycles. The van der Waals surface area contributed by atoms with Gasteiger partial charge in [0.25, 0.3) is 0 Å². The maximum atomic E-state index is 12.6. The Labute approximate surface area is 137 Å². The van der Waals surface area contributed by atoms with Gasteiger partial charge in [0.05, 0.1) is 18.8 Å². The number of ether oxygens (including phenoxy) is 1.